The number of hydrogen-bond acceptors (Lipinski definition) is 9. The summed E-state index contributed by atoms with van der Waals surface area (Å²) in [6.45, 7) is 2.58. The van der Waals surface area contributed by atoms with Gasteiger partial charge in [0.05, 0.1) is 32.3 Å². The molecule has 1 aliphatic rings. The first-order chi connectivity index (χ1) is 17.3. The molecular formula is C24H28ClN5O5S. The van der Waals surface area contributed by atoms with Gasteiger partial charge in [0, 0.05) is 30.1 Å². The Bertz CT molecular complexity index is 1320. The third-order valence-electron chi connectivity index (χ3n) is 5.40. The summed E-state index contributed by atoms with van der Waals surface area (Å²) in [5.41, 5.74) is 2.22. The van der Waals surface area contributed by atoms with E-state index in [1.54, 1.807) is 26.4 Å². The second kappa shape index (κ2) is 11.2. The summed E-state index contributed by atoms with van der Waals surface area (Å²) in [6.07, 6.45) is 2.95. The molecule has 1 aromatic heterocycles. The van der Waals surface area contributed by atoms with Gasteiger partial charge < -0.3 is 24.8 Å². The van der Waals surface area contributed by atoms with Gasteiger partial charge >= 0.3 is 0 Å². The van der Waals surface area contributed by atoms with Crippen molar-refractivity contribution in [1.82, 2.24) is 14.7 Å². The molecule has 0 unspecified atom stereocenters. The number of hydrogen-bond donors (Lipinski definition) is 3. The second-order valence-electron chi connectivity index (χ2n) is 8.05. The first kappa shape index (κ1) is 25.8. The molecule has 12 heteroatoms. The SMILES string of the molecule is CCOc1cc(Nc2ncc(Cl)c(Nc3ccc(CNS(=O)(=O)C4CC4)cc3)n2)cc(OC)c1OC. The van der Waals surface area contributed by atoms with Gasteiger partial charge in [-0.1, -0.05) is 23.7 Å². The van der Waals surface area contributed by atoms with Crippen LogP contribution in [0.2, 0.25) is 5.02 Å². The van der Waals surface area contributed by atoms with E-state index in [0.29, 0.717) is 46.3 Å². The zero-order valence-electron chi connectivity index (χ0n) is 20.2. The zero-order chi connectivity index (χ0) is 25.7. The first-order valence-electron chi connectivity index (χ1n) is 11.4. The van der Waals surface area contributed by atoms with E-state index in [9.17, 15) is 8.42 Å². The van der Waals surface area contributed by atoms with Gasteiger partial charge in [-0.3, -0.25) is 0 Å². The maximum absolute atomic E-state index is 12.0. The van der Waals surface area contributed by atoms with Crippen molar-refractivity contribution in [3.05, 3.63) is 53.2 Å². The van der Waals surface area contributed by atoms with Gasteiger partial charge in [-0.15, -0.1) is 0 Å². The molecule has 0 bridgehead atoms. The minimum absolute atomic E-state index is 0.245. The van der Waals surface area contributed by atoms with E-state index < -0.39 is 10.0 Å². The van der Waals surface area contributed by atoms with Gasteiger partial charge in [-0.05, 0) is 37.5 Å². The number of aromatic nitrogens is 2. The Balaban J connectivity index is 1.46. The first-order valence-corrected chi connectivity index (χ1v) is 13.3. The molecule has 0 atom stereocenters. The molecule has 36 heavy (non-hydrogen) atoms. The Hall–Kier alpha value is -3.28. The summed E-state index contributed by atoms with van der Waals surface area (Å²) >= 11 is 6.32. The molecule has 1 heterocycles. The van der Waals surface area contributed by atoms with E-state index in [0.717, 1.165) is 24.1 Å². The lowest BCUT2D eigenvalue weighted by Gasteiger charge is -2.16. The highest BCUT2D eigenvalue weighted by molar-refractivity contribution is 7.90. The number of halogens is 1. The minimum atomic E-state index is -3.22. The van der Waals surface area contributed by atoms with Gasteiger partial charge in [-0.2, -0.15) is 4.98 Å². The van der Waals surface area contributed by atoms with Crippen LogP contribution in [0.4, 0.5) is 23.1 Å². The molecule has 3 aromatic rings. The van der Waals surface area contributed by atoms with Gasteiger partial charge in [0.2, 0.25) is 21.7 Å². The fourth-order valence-corrected chi connectivity index (χ4v) is 4.93. The molecule has 0 amide bonds. The van der Waals surface area contributed by atoms with Crippen LogP contribution in [0.15, 0.2) is 42.6 Å². The lowest BCUT2D eigenvalue weighted by Crippen LogP contribution is -2.26. The molecule has 0 saturated heterocycles. The Morgan fingerprint density at radius 3 is 2.39 bits per heavy atom. The fraction of sp³-hybridized carbons (Fsp3) is 0.333. The lowest BCUT2D eigenvalue weighted by molar-refractivity contribution is 0.297. The number of sulfonamides is 1. The van der Waals surface area contributed by atoms with Gasteiger partial charge in [0.15, 0.2) is 17.3 Å². The van der Waals surface area contributed by atoms with Crippen LogP contribution in [0.1, 0.15) is 25.3 Å². The lowest BCUT2D eigenvalue weighted by atomic mass is 10.2. The van der Waals surface area contributed by atoms with Crippen molar-refractivity contribution in [3.63, 3.8) is 0 Å². The zero-order valence-corrected chi connectivity index (χ0v) is 21.7. The number of methoxy groups -OCH3 is 2. The summed E-state index contributed by atoms with van der Waals surface area (Å²) in [6, 6.07) is 10.9. The number of anilines is 4. The van der Waals surface area contributed by atoms with Crippen molar-refractivity contribution < 1.29 is 22.6 Å². The molecular weight excluding hydrogens is 506 g/mol. The van der Waals surface area contributed by atoms with E-state index in [1.807, 2.05) is 31.2 Å². The van der Waals surface area contributed by atoms with Crippen LogP contribution in [0.5, 0.6) is 17.2 Å². The summed E-state index contributed by atoms with van der Waals surface area (Å²) in [5.74, 6) is 2.23. The largest absolute Gasteiger partial charge is 0.493 e. The normalized spacial score (nSPS) is 13.2. The quantitative estimate of drug-likeness (QED) is 0.306. The molecule has 10 nitrogen and oxygen atoms in total. The van der Waals surface area contributed by atoms with E-state index in [1.165, 1.54) is 6.20 Å². The maximum atomic E-state index is 12.0. The van der Waals surface area contributed by atoms with Crippen LogP contribution >= 0.6 is 11.6 Å². The van der Waals surface area contributed by atoms with Crippen LogP contribution in [-0.2, 0) is 16.6 Å². The third kappa shape index (κ3) is 6.28. The molecule has 2 aromatic carbocycles. The summed E-state index contributed by atoms with van der Waals surface area (Å²) in [7, 11) is -0.129. The number of nitrogens with zero attached hydrogens (tertiary/aromatic N) is 2. The van der Waals surface area contributed by atoms with Crippen molar-refractivity contribution >= 4 is 44.8 Å². The summed E-state index contributed by atoms with van der Waals surface area (Å²) in [5, 5.41) is 6.39. The highest BCUT2D eigenvalue weighted by Gasteiger charge is 2.35. The number of rotatable bonds is 12. The molecule has 192 valence electrons. The third-order valence-corrected chi connectivity index (χ3v) is 7.57. The van der Waals surface area contributed by atoms with Crippen molar-refractivity contribution in [2.75, 3.05) is 31.5 Å². The number of benzene rings is 2. The molecule has 1 fully saturated rings. The fourth-order valence-electron chi connectivity index (χ4n) is 3.43. The maximum Gasteiger partial charge on any atom is 0.229 e. The molecule has 1 aliphatic carbocycles. The van der Waals surface area contributed by atoms with Crippen molar-refractivity contribution in [2.45, 2.75) is 31.6 Å². The van der Waals surface area contributed by atoms with E-state index >= 15 is 0 Å². The van der Waals surface area contributed by atoms with Crippen LogP contribution in [-0.4, -0.2) is 44.5 Å². The summed E-state index contributed by atoms with van der Waals surface area (Å²) < 4.78 is 43.2. The average molecular weight is 534 g/mol. The monoisotopic (exact) mass is 533 g/mol. The van der Waals surface area contributed by atoms with Crippen molar-refractivity contribution in [1.29, 1.82) is 0 Å². The smallest absolute Gasteiger partial charge is 0.229 e. The molecule has 3 N–H and O–H groups in total. The van der Waals surface area contributed by atoms with Gasteiger partial charge in [0.25, 0.3) is 0 Å². The minimum Gasteiger partial charge on any atom is -0.493 e. The van der Waals surface area contributed by atoms with E-state index in [4.69, 9.17) is 25.8 Å². The molecule has 4 rings (SSSR count). The summed E-state index contributed by atoms with van der Waals surface area (Å²) in [4.78, 5) is 8.74. The number of nitrogens with one attached hydrogen (secondary N) is 3. The van der Waals surface area contributed by atoms with Crippen molar-refractivity contribution in [3.8, 4) is 17.2 Å². The Kier molecular flexibility index (Phi) is 8.02. The average Bonchev–Trinajstić information content (AvgIpc) is 3.72. The standard InChI is InChI=1S/C24H28ClN5O5S/c1-4-35-21-12-17(11-20(33-2)22(21)34-3)29-24-26-14-19(25)23(30-24)28-16-7-5-15(6-8-16)13-27-36(31,32)18-9-10-18/h5-8,11-12,14,18,27H,4,9-10,13H2,1-3H3,(H2,26,28,29,30). The Morgan fingerprint density at radius 1 is 1.03 bits per heavy atom. The topological polar surface area (TPSA) is 124 Å². The van der Waals surface area contributed by atoms with E-state index in [2.05, 4.69) is 25.3 Å². The molecule has 0 spiro atoms. The van der Waals surface area contributed by atoms with Crippen LogP contribution in [0, 0.1) is 0 Å². The predicted octanol–water partition coefficient (Wildman–Crippen LogP) is 4.61. The highest BCUT2D eigenvalue weighted by atomic mass is 35.5. The van der Waals surface area contributed by atoms with Crippen LogP contribution in [0.25, 0.3) is 0 Å². The Labute approximate surface area is 215 Å². The number of ether oxygens (including phenoxy) is 3. The van der Waals surface area contributed by atoms with Crippen molar-refractivity contribution in [2.24, 2.45) is 0 Å². The Morgan fingerprint density at radius 2 is 1.75 bits per heavy atom. The van der Waals surface area contributed by atoms with Crippen LogP contribution < -0.4 is 29.6 Å². The molecule has 0 aliphatic heterocycles. The molecule has 1 saturated carbocycles. The van der Waals surface area contributed by atoms with Gasteiger partial charge in [0.1, 0.15) is 5.02 Å². The van der Waals surface area contributed by atoms with Gasteiger partial charge in [-0.25, -0.2) is 18.1 Å². The van der Waals surface area contributed by atoms with Crippen LogP contribution in [0.3, 0.4) is 0 Å². The van der Waals surface area contributed by atoms with E-state index in [-0.39, 0.29) is 11.8 Å². The molecule has 0 radical (unpaired) electrons. The second-order valence-corrected chi connectivity index (χ2v) is 10.5. The highest BCUT2D eigenvalue weighted by Crippen LogP contribution is 2.40. The predicted molar refractivity (Wildman–Crippen MR) is 140 cm³/mol.